The number of benzene rings is 1. The standard InChI is InChI=1S/C17H15ClN4O3/c18-12-3-5-13(6-4-12)25-11-17(23)20-16-8-7-15(21-22-16)19-10-14-2-1-9-24-14/h1-9H,10-11H2,(H,19,21)(H,20,22,23). The number of anilines is 2. The number of rotatable bonds is 7. The second kappa shape index (κ2) is 8.16. The minimum Gasteiger partial charge on any atom is -0.484 e. The summed E-state index contributed by atoms with van der Waals surface area (Å²) in [5, 5.41) is 14.2. The Morgan fingerprint density at radius 1 is 1.08 bits per heavy atom. The first-order valence-corrected chi connectivity index (χ1v) is 7.85. The van der Waals surface area contributed by atoms with Gasteiger partial charge in [-0.25, -0.2) is 0 Å². The molecule has 0 atom stereocenters. The predicted octanol–water partition coefficient (Wildman–Crippen LogP) is 3.35. The molecule has 2 aromatic heterocycles. The summed E-state index contributed by atoms with van der Waals surface area (Å²) in [5.74, 6) is 1.93. The van der Waals surface area contributed by atoms with Crippen molar-refractivity contribution >= 4 is 29.1 Å². The van der Waals surface area contributed by atoms with Crippen LogP contribution in [0.4, 0.5) is 11.6 Å². The lowest BCUT2D eigenvalue weighted by Crippen LogP contribution is -2.21. The van der Waals surface area contributed by atoms with E-state index in [9.17, 15) is 4.79 Å². The third kappa shape index (κ3) is 5.22. The Labute approximate surface area is 149 Å². The summed E-state index contributed by atoms with van der Waals surface area (Å²) in [4.78, 5) is 11.9. The molecule has 0 saturated heterocycles. The zero-order valence-corrected chi connectivity index (χ0v) is 13.9. The third-order valence-corrected chi connectivity index (χ3v) is 3.39. The largest absolute Gasteiger partial charge is 0.484 e. The lowest BCUT2D eigenvalue weighted by atomic mass is 10.3. The summed E-state index contributed by atoms with van der Waals surface area (Å²) in [6.07, 6.45) is 1.60. The number of amides is 1. The van der Waals surface area contributed by atoms with Gasteiger partial charge in [-0.05, 0) is 48.5 Å². The summed E-state index contributed by atoms with van der Waals surface area (Å²) >= 11 is 5.79. The normalized spacial score (nSPS) is 10.3. The molecule has 3 aromatic rings. The Balaban J connectivity index is 1.45. The maximum absolute atomic E-state index is 11.9. The highest BCUT2D eigenvalue weighted by molar-refractivity contribution is 6.30. The van der Waals surface area contributed by atoms with Gasteiger partial charge in [-0.3, -0.25) is 4.79 Å². The molecule has 0 aliphatic heterocycles. The van der Waals surface area contributed by atoms with Crippen molar-refractivity contribution in [3.05, 3.63) is 65.6 Å². The molecule has 0 fully saturated rings. The molecule has 0 bridgehead atoms. The van der Waals surface area contributed by atoms with Crippen LogP contribution in [0.15, 0.2) is 59.2 Å². The average Bonchev–Trinajstić information content (AvgIpc) is 3.14. The van der Waals surface area contributed by atoms with Gasteiger partial charge in [-0.1, -0.05) is 11.6 Å². The maximum atomic E-state index is 11.9. The SMILES string of the molecule is O=C(COc1ccc(Cl)cc1)Nc1ccc(NCc2ccco2)nn1. The molecule has 2 N–H and O–H groups in total. The molecule has 3 rings (SSSR count). The van der Waals surface area contributed by atoms with Crippen LogP contribution < -0.4 is 15.4 Å². The molecule has 2 heterocycles. The van der Waals surface area contributed by atoms with Crippen molar-refractivity contribution in [1.29, 1.82) is 0 Å². The van der Waals surface area contributed by atoms with Crippen molar-refractivity contribution in [2.75, 3.05) is 17.2 Å². The van der Waals surface area contributed by atoms with E-state index in [1.54, 1.807) is 42.7 Å². The monoisotopic (exact) mass is 358 g/mol. The summed E-state index contributed by atoms with van der Waals surface area (Å²) in [7, 11) is 0. The van der Waals surface area contributed by atoms with Gasteiger partial charge < -0.3 is 19.8 Å². The molecular weight excluding hydrogens is 344 g/mol. The topological polar surface area (TPSA) is 89.3 Å². The Morgan fingerprint density at radius 2 is 1.84 bits per heavy atom. The van der Waals surface area contributed by atoms with Gasteiger partial charge in [-0.15, -0.1) is 10.2 Å². The number of furan rings is 1. The fourth-order valence-corrected chi connectivity index (χ4v) is 2.07. The van der Waals surface area contributed by atoms with E-state index in [0.29, 0.717) is 29.0 Å². The number of carbonyl (C=O) groups excluding carboxylic acids is 1. The molecule has 1 amide bonds. The van der Waals surface area contributed by atoms with E-state index in [-0.39, 0.29) is 12.5 Å². The van der Waals surface area contributed by atoms with Crippen molar-refractivity contribution in [3.63, 3.8) is 0 Å². The van der Waals surface area contributed by atoms with Gasteiger partial charge in [0.05, 0.1) is 12.8 Å². The second-order valence-corrected chi connectivity index (χ2v) is 5.46. The number of carbonyl (C=O) groups is 1. The number of aromatic nitrogens is 2. The molecule has 0 radical (unpaired) electrons. The molecule has 0 saturated carbocycles. The predicted molar refractivity (Wildman–Crippen MR) is 93.6 cm³/mol. The second-order valence-electron chi connectivity index (χ2n) is 5.03. The van der Waals surface area contributed by atoms with Crippen LogP contribution in [-0.2, 0) is 11.3 Å². The molecule has 128 valence electrons. The quantitative estimate of drug-likeness (QED) is 0.673. The first kappa shape index (κ1) is 16.8. The van der Waals surface area contributed by atoms with Crippen LogP contribution in [0, 0.1) is 0 Å². The number of nitrogens with zero attached hydrogens (tertiary/aromatic N) is 2. The number of hydrogen-bond acceptors (Lipinski definition) is 6. The van der Waals surface area contributed by atoms with E-state index in [1.807, 2.05) is 12.1 Å². The van der Waals surface area contributed by atoms with Gasteiger partial charge in [0.1, 0.15) is 17.3 Å². The van der Waals surface area contributed by atoms with Crippen molar-refractivity contribution in [3.8, 4) is 5.75 Å². The van der Waals surface area contributed by atoms with Crippen LogP contribution in [0.25, 0.3) is 0 Å². The lowest BCUT2D eigenvalue weighted by molar-refractivity contribution is -0.118. The van der Waals surface area contributed by atoms with Crippen molar-refractivity contribution in [1.82, 2.24) is 10.2 Å². The lowest BCUT2D eigenvalue weighted by Gasteiger charge is -2.07. The Morgan fingerprint density at radius 3 is 2.52 bits per heavy atom. The fraction of sp³-hybridized carbons (Fsp3) is 0.118. The van der Waals surface area contributed by atoms with E-state index in [2.05, 4.69) is 20.8 Å². The smallest absolute Gasteiger partial charge is 0.263 e. The van der Waals surface area contributed by atoms with Crippen LogP contribution in [0.1, 0.15) is 5.76 Å². The highest BCUT2D eigenvalue weighted by Crippen LogP contribution is 2.15. The molecular formula is C17H15ClN4O3. The van der Waals surface area contributed by atoms with E-state index in [1.165, 1.54) is 0 Å². The minimum absolute atomic E-state index is 0.137. The fourth-order valence-electron chi connectivity index (χ4n) is 1.94. The number of halogens is 1. The zero-order valence-electron chi connectivity index (χ0n) is 13.1. The first-order valence-electron chi connectivity index (χ1n) is 7.47. The van der Waals surface area contributed by atoms with Crippen molar-refractivity contribution in [2.45, 2.75) is 6.54 Å². The molecule has 0 aliphatic carbocycles. The van der Waals surface area contributed by atoms with Crippen molar-refractivity contribution in [2.24, 2.45) is 0 Å². The van der Waals surface area contributed by atoms with Gasteiger partial charge in [0.2, 0.25) is 0 Å². The van der Waals surface area contributed by atoms with Gasteiger partial charge in [0.15, 0.2) is 12.4 Å². The van der Waals surface area contributed by atoms with E-state index < -0.39 is 0 Å². The van der Waals surface area contributed by atoms with Gasteiger partial charge in [0.25, 0.3) is 5.91 Å². The molecule has 0 aliphatic rings. The summed E-state index contributed by atoms with van der Waals surface area (Å²) < 4.78 is 10.6. The molecule has 25 heavy (non-hydrogen) atoms. The van der Waals surface area contributed by atoms with Crippen LogP contribution in [-0.4, -0.2) is 22.7 Å². The summed E-state index contributed by atoms with van der Waals surface area (Å²) in [6, 6.07) is 13.8. The maximum Gasteiger partial charge on any atom is 0.263 e. The third-order valence-electron chi connectivity index (χ3n) is 3.14. The molecule has 7 nitrogen and oxygen atoms in total. The van der Waals surface area contributed by atoms with Gasteiger partial charge in [-0.2, -0.15) is 0 Å². The van der Waals surface area contributed by atoms with Crippen LogP contribution >= 0.6 is 11.6 Å². The Hall–Kier alpha value is -3.06. The highest BCUT2D eigenvalue weighted by Gasteiger charge is 2.06. The highest BCUT2D eigenvalue weighted by atomic mass is 35.5. The minimum atomic E-state index is -0.333. The van der Waals surface area contributed by atoms with Crippen LogP contribution in [0.5, 0.6) is 5.75 Å². The number of ether oxygens (including phenoxy) is 1. The summed E-state index contributed by atoms with van der Waals surface area (Å²) in [6.45, 7) is 0.365. The van der Waals surface area contributed by atoms with Crippen LogP contribution in [0.3, 0.4) is 0 Å². The number of nitrogens with one attached hydrogen (secondary N) is 2. The van der Waals surface area contributed by atoms with E-state index in [0.717, 1.165) is 5.76 Å². The van der Waals surface area contributed by atoms with E-state index >= 15 is 0 Å². The molecule has 8 heteroatoms. The van der Waals surface area contributed by atoms with Gasteiger partial charge >= 0.3 is 0 Å². The zero-order chi connectivity index (χ0) is 17.5. The van der Waals surface area contributed by atoms with Gasteiger partial charge in [0, 0.05) is 5.02 Å². The molecule has 1 aromatic carbocycles. The first-order chi connectivity index (χ1) is 12.2. The van der Waals surface area contributed by atoms with E-state index in [4.69, 9.17) is 20.8 Å². The Bertz CT molecular complexity index is 805. The van der Waals surface area contributed by atoms with Crippen molar-refractivity contribution < 1.29 is 13.9 Å². The number of hydrogen-bond donors (Lipinski definition) is 2. The Kier molecular flexibility index (Phi) is 5.48. The average molecular weight is 359 g/mol. The molecule has 0 spiro atoms. The summed E-state index contributed by atoms with van der Waals surface area (Å²) in [5.41, 5.74) is 0. The molecule has 0 unspecified atom stereocenters. The van der Waals surface area contributed by atoms with Crippen LogP contribution in [0.2, 0.25) is 5.02 Å².